The Morgan fingerprint density at radius 1 is 0.830 bits per heavy atom. The molecule has 6 N–H and O–H groups in total. The molecule has 3 atom stereocenters. The van der Waals surface area contributed by atoms with E-state index in [1.165, 1.54) is 11.8 Å². The number of phenols is 1. The van der Waals surface area contributed by atoms with Gasteiger partial charge in [-0.2, -0.15) is 4.68 Å². The molecule has 0 bridgehead atoms. The van der Waals surface area contributed by atoms with Crippen LogP contribution in [0.4, 0.5) is 17.1 Å². The molecule has 2 heterocycles. The second-order valence-electron chi connectivity index (χ2n) is 12.8. The number of ether oxygens (including phenoxy) is 2. The molecule has 53 heavy (non-hydrogen) atoms. The second kappa shape index (κ2) is 18.5. The molecule has 1 aromatic heterocycles. The smallest absolute Gasteiger partial charge is 0.224 e. The van der Waals surface area contributed by atoms with Gasteiger partial charge < -0.3 is 36.1 Å². The molecule has 0 aliphatic carbocycles. The summed E-state index contributed by atoms with van der Waals surface area (Å²) in [5, 5.41) is 37.8. The molecule has 276 valence electrons. The minimum Gasteiger partial charge on any atom is -0.508 e. The number of aromatic nitrogens is 4. The zero-order chi connectivity index (χ0) is 37.0. The highest BCUT2D eigenvalue weighted by Crippen LogP contribution is 2.39. The molecule has 6 rings (SSSR count). The summed E-state index contributed by atoms with van der Waals surface area (Å²) >= 11 is 1.46. The molecule has 4 aromatic carbocycles. The lowest BCUT2D eigenvalue weighted by Crippen LogP contribution is -2.31. The largest absolute Gasteiger partial charge is 0.508 e. The molecule has 1 aliphatic heterocycles. The number of para-hydroxylation sites is 2. The quantitative estimate of drug-likeness (QED) is 0.0412. The summed E-state index contributed by atoms with van der Waals surface area (Å²) in [4.78, 5) is 24.9. The molecule has 0 radical (unpaired) electrons. The van der Waals surface area contributed by atoms with Gasteiger partial charge >= 0.3 is 0 Å². The van der Waals surface area contributed by atoms with Crippen LogP contribution in [-0.2, 0) is 25.7 Å². The van der Waals surface area contributed by atoms with Gasteiger partial charge in [-0.1, -0.05) is 73.1 Å². The van der Waals surface area contributed by atoms with Gasteiger partial charge in [0.05, 0.1) is 35.9 Å². The molecule has 14 heteroatoms. The SMILES string of the molecule is Nc1ccccc1NC(=O)CCCCCCC(=O)Nc1ccc([C@H]2O[C@@H](CSc3nnnn3-c3ccc(O)cc3)C[C@@H](c3ccc(CO)cc3)O2)cc1. The van der Waals surface area contributed by atoms with Crippen LogP contribution in [0.3, 0.4) is 0 Å². The normalized spacial score (nSPS) is 17.0. The summed E-state index contributed by atoms with van der Waals surface area (Å²) in [5.74, 6) is 0.565. The van der Waals surface area contributed by atoms with Crippen LogP contribution >= 0.6 is 11.8 Å². The number of carbonyl (C=O) groups is 2. The lowest BCUT2D eigenvalue weighted by atomic mass is 10.0. The molecule has 0 unspecified atom stereocenters. The molecule has 2 amide bonds. The number of nitrogens with zero attached hydrogens (tertiary/aromatic N) is 4. The second-order valence-corrected chi connectivity index (χ2v) is 13.8. The van der Waals surface area contributed by atoms with E-state index < -0.39 is 6.29 Å². The van der Waals surface area contributed by atoms with Gasteiger partial charge in [-0.25, -0.2) is 0 Å². The Balaban J connectivity index is 1.00. The highest BCUT2D eigenvalue weighted by Gasteiger charge is 2.32. The first kappa shape index (κ1) is 37.5. The van der Waals surface area contributed by atoms with Crippen LogP contribution in [0.2, 0.25) is 0 Å². The van der Waals surface area contributed by atoms with E-state index in [1.807, 2.05) is 60.7 Å². The van der Waals surface area contributed by atoms with Gasteiger partial charge in [0.15, 0.2) is 6.29 Å². The van der Waals surface area contributed by atoms with Crippen molar-refractivity contribution in [2.24, 2.45) is 0 Å². The number of carbonyl (C=O) groups excluding carboxylic acids is 2. The van der Waals surface area contributed by atoms with Gasteiger partial charge in [-0.3, -0.25) is 9.59 Å². The van der Waals surface area contributed by atoms with Crippen molar-refractivity contribution in [3.05, 3.63) is 114 Å². The van der Waals surface area contributed by atoms with Gasteiger partial charge in [-0.15, -0.1) is 5.10 Å². The number of aliphatic hydroxyl groups is 1. The Hall–Kier alpha value is -5.28. The third kappa shape index (κ3) is 10.6. The summed E-state index contributed by atoms with van der Waals surface area (Å²) in [6.45, 7) is -0.0400. The summed E-state index contributed by atoms with van der Waals surface area (Å²) in [5.41, 5.74) is 11.1. The van der Waals surface area contributed by atoms with Crippen molar-refractivity contribution in [3.63, 3.8) is 0 Å². The van der Waals surface area contributed by atoms with Gasteiger partial charge in [0.2, 0.25) is 17.0 Å². The van der Waals surface area contributed by atoms with E-state index >= 15 is 0 Å². The maximum absolute atomic E-state index is 12.7. The van der Waals surface area contributed by atoms with Crippen LogP contribution in [0.15, 0.2) is 102 Å². The third-order valence-electron chi connectivity index (χ3n) is 8.81. The molecule has 0 saturated carbocycles. The predicted molar refractivity (Wildman–Crippen MR) is 202 cm³/mol. The fraction of sp³-hybridized carbons (Fsp3) is 0.308. The van der Waals surface area contributed by atoms with Crippen molar-refractivity contribution in [1.29, 1.82) is 0 Å². The van der Waals surface area contributed by atoms with E-state index in [1.54, 1.807) is 41.1 Å². The number of hydrogen-bond donors (Lipinski definition) is 5. The number of aliphatic hydroxyl groups excluding tert-OH is 1. The predicted octanol–water partition coefficient (Wildman–Crippen LogP) is 6.70. The first-order chi connectivity index (χ1) is 25.8. The number of unbranched alkanes of at least 4 members (excludes halogenated alkanes) is 3. The van der Waals surface area contributed by atoms with E-state index in [0.717, 1.165) is 48.1 Å². The first-order valence-corrected chi connectivity index (χ1v) is 18.6. The lowest BCUT2D eigenvalue weighted by Gasteiger charge is -2.36. The number of anilines is 3. The fourth-order valence-electron chi connectivity index (χ4n) is 5.91. The number of aromatic hydroxyl groups is 1. The van der Waals surface area contributed by atoms with Crippen LogP contribution in [-0.4, -0.2) is 54.1 Å². The first-order valence-electron chi connectivity index (χ1n) is 17.6. The van der Waals surface area contributed by atoms with E-state index in [9.17, 15) is 19.8 Å². The van der Waals surface area contributed by atoms with Crippen molar-refractivity contribution in [1.82, 2.24) is 20.2 Å². The van der Waals surface area contributed by atoms with Gasteiger partial charge in [0.25, 0.3) is 0 Å². The number of benzene rings is 4. The average Bonchev–Trinajstić information content (AvgIpc) is 3.65. The van der Waals surface area contributed by atoms with E-state index in [4.69, 9.17) is 15.2 Å². The van der Waals surface area contributed by atoms with Crippen LogP contribution in [0, 0.1) is 0 Å². The lowest BCUT2D eigenvalue weighted by molar-refractivity contribution is -0.245. The van der Waals surface area contributed by atoms with E-state index in [0.29, 0.717) is 47.2 Å². The topological polar surface area (TPSA) is 187 Å². The number of thioether (sulfide) groups is 1. The molecule has 0 spiro atoms. The maximum Gasteiger partial charge on any atom is 0.224 e. The minimum absolute atomic E-state index is 0.0400. The summed E-state index contributed by atoms with van der Waals surface area (Å²) in [6.07, 6.45) is 3.38. The van der Waals surface area contributed by atoms with Crippen molar-refractivity contribution in [3.8, 4) is 11.4 Å². The number of tetrazole rings is 1. The standard InChI is InChI=1S/C39H43N7O6S/c40-33-7-5-6-8-34(33)42-37(50)10-4-2-1-3-9-36(49)41-29-17-15-28(16-18-29)38-51-32(23-35(52-38)27-13-11-26(24-47)12-14-27)25-53-39-43-44-45-46(39)30-19-21-31(48)22-20-30/h5-8,11-22,32,35,38,47-48H,1-4,9-10,23-25,40H2,(H,41,49)(H,42,50)/t32-,35+,38+/m1/s1. The Bertz CT molecular complexity index is 1940. The zero-order valence-corrected chi connectivity index (χ0v) is 30.0. The van der Waals surface area contributed by atoms with Gasteiger partial charge in [0, 0.05) is 36.3 Å². The number of rotatable bonds is 16. The summed E-state index contributed by atoms with van der Waals surface area (Å²) < 4.78 is 14.6. The van der Waals surface area contributed by atoms with Crippen molar-refractivity contribution in [2.45, 2.75) is 75.2 Å². The summed E-state index contributed by atoms with van der Waals surface area (Å²) in [7, 11) is 0. The summed E-state index contributed by atoms with van der Waals surface area (Å²) in [6, 6.07) is 29.0. The molecule has 5 aromatic rings. The Morgan fingerprint density at radius 3 is 2.21 bits per heavy atom. The molecule has 1 saturated heterocycles. The number of phenolic OH excluding ortho intramolecular Hbond substituents is 1. The van der Waals surface area contributed by atoms with Gasteiger partial charge in [0.1, 0.15) is 5.75 Å². The van der Waals surface area contributed by atoms with Crippen molar-refractivity contribution in [2.75, 3.05) is 22.1 Å². The van der Waals surface area contributed by atoms with Crippen LogP contribution in [0.25, 0.3) is 5.69 Å². The van der Waals surface area contributed by atoms with E-state index in [-0.39, 0.29) is 36.4 Å². The number of amides is 2. The molecular weight excluding hydrogens is 695 g/mol. The zero-order valence-electron chi connectivity index (χ0n) is 29.1. The fourth-order valence-corrected chi connectivity index (χ4v) is 6.82. The highest BCUT2D eigenvalue weighted by atomic mass is 32.2. The number of nitrogens with two attached hydrogens (primary N) is 1. The number of nitrogens with one attached hydrogen (secondary N) is 2. The molecule has 13 nitrogen and oxygen atoms in total. The number of nitrogen functional groups attached to an aromatic ring is 1. The Kier molecular flexibility index (Phi) is 13.1. The number of hydrogen-bond acceptors (Lipinski definition) is 11. The highest BCUT2D eigenvalue weighted by molar-refractivity contribution is 7.99. The van der Waals surface area contributed by atoms with Crippen LogP contribution < -0.4 is 16.4 Å². The molecule has 1 fully saturated rings. The van der Waals surface area contributed by atoms with E-state index in [2.05, 4.69) is 26.2 Å². The average molecular weight is 738 g/mol. The van der Waals surface area contributed by atoms with Crippen LogP contribution in [0.1, 0.15) is 74.0 Å². The Labute approximate surface area is 311 Å². The molecular formula is C39H43N7O6S. The van der Waals surface area contributed by atoms with Crippen molar-refractivity contribution >= 4 is 40.6 Å². The minimum atomic E-state index is -0.665. The third-order valence-corrected chi connectivity index (χ3v) is 9.86. The Morgan fingerprint density at radius 2 is 1.51 bits per heavy atom. The monoisotopic (exact) mass is 737 g/mol. The molecule has 1 aliphatic rings. The maximum atomic E-state index is 12.7. The van der Waals surface area contributed by atoms with Gasteiger partial charge in [-0.05, 0) is 82.9 Å². The van der Waals surface area contributed by atoms with Crippen LogP contribution in [0.5, 0.6) is 5.75 Å². The van der Waals surface area contributed by atoms with Crippen molar-refractivity contribution < 1.29 is 29.3 Å².